The third-order valence-corrected chi connectivity index (χ3v) is 6.83. The Balaban J connectivity index is 1.67. The molecule has 6 heteroatoms. The Morgan fingerprint density at radius 1 is 1.38 bits per heavy atom. The summed E-state index contributed by atoms with van der Waals surface area (Å²) in [4.78, 5) is 19.9. The third kappa shape index (κ3) is 3.85. The summed E-state index contributed by atoms with van der Waals surface area (Å²) in [6.45, 7) is 7.23. The summed E-state index contributed by atoms with van der Waals surface area (Å²) >= 11 is 9.43. The average Bonchev–Trinajstić information content (AvgIpc) is 3.21. The molecule has 0 saturated carbocycles. The van der Waals surface area contributed by atoms with Crippen molar-refractivity contribution in [3.63, 3.8) is 0 Å². The number of thiophene rings is 2. The number of nitrogens with zero attached hydrogens (tertiary/aromatic N) is 2. The highest BCUT2D eigenvalue weighted by atomic mass is 35.5. The van der Waals surface area contributed by atoms with Crippen molar-refractivity contribution in [2.45, 2.75) is 39.3 Å². The minimum atomic E-state index is 0.238. The molecule has 2 aromatic heterocycles. The highest BCUT2D eigenvalue weighted by Gasteiger charge is 2.30. The van der Waals surface area contributed by atoms with Crippen LogP contribution in [0.2, 0.25) is 4.34 Å². The lowest BCUT2D eigenvalue weighted by Gasteiger charge is -2.36. The molecule has 0 saturated heterocycles. The van der Waals surface area contributed by atoms with Crippen LogP contribution in [0, 0.1) is 0 Å². The fourth-order valence-corrected chi connectivity index (χ4v) is 5.41. The van der Waals surface area contributed by atoms with E-state index in [0.29, 0.717) is 6.54 Å². The largest absolute Gasteiger partial charge is 0.334 e. The lowest BCUT2D eigenvalue weighted by Crippen LogP contribution is -2.44. The molecule has 0 bridgehead atoms. The van der Waals surface area contributed by atoms with E-state index in [4.69, 9.17) is 11.6 Å². The molecule has 3 nitrogen and oxygen atoms in total. The Labute approximate surface area is 156 Å². The number of carbonyl (C=O) groups excluding carboxylic acids is 1. The highest BCUT2D eigenvalue weighted by molar-refractivity contribution is 7.16. The van der Waals surface area contributed by atoms with Gasteiger partial charge >= 0.3 is 0 Å². The summed E-state index contributed by atoms with van der Waals surface area (Å²) < 4.78 is 0.805. The lowest BCUT2D eigenvalue weighted by molar-refractivity contribution is -0.135. The van der Waals surface area contributed by atoms with Gasteiger partial charge in [-0.05, 0) is 48.5 Å². The maximum Gasteiger partial charge on any atom is 0.237 e. The Morgan fingerprint density at radius 3 is 2.88 bits per heavy atom. The van der Waals surface area contributed by atoms with Crippen LogP contribution in [0.15, 0.2) is 23.6 Å². The molecule has 1 amide bonds. The molecule has 1 aliphatic heterocycles. The number of likely N-dealkylation sites (N-methyl/N-ethyl adjacent to an activating group) is 1. The maximum absolute atomic E-state index is 12.9. The standard InChI is InChI=1S/C18H23ClN2OS2/c1-3-15-14-8-10-23-16(14)7-9-21(15)18(22)12-20(4-2)11-13-5-6-17(19)24-13/h5-6,8,10,15H,3-4,7,9,11-12H2,1-2H3. The van der Waals surface area contributed by atoms with Crippen molar-refractivity contribution in [3.8, 4) is 0 Å². The van der Waals surface area contributed by atoms with E-state index in [1.54, 1.807) is 11.3 Å². The molecule has 130 valence electrons. The van der Waals surface area contributed by atoms with E-state index < -0.39 is 0 Å². The first-order valence-electron chi connectivity index (χ1n) is 8.44. The van der Waals surface area contributed by atoms with E-state index in [1.165, 1.54) is 15.3 Å². The molecular weight excluding hydrogens is 360 g/mol. The van der Waals surface area contributed by atoms with Crippen LogP contribution >= 0.6 is 34.3 Å². The van der Waals surface area contributed by atoms with Crippen molar-refractivity contribution < 1.29 is 4.79 Å². The normalized spacial score (nSPS) is 17.3. The zero-order valence-corrected chi connectivity index (χ0v) is 16.5. The summed E-state index contributed by atoms with van der Waals surface area (Å²) in [7, 11) is 0. The minimum Gasteiger partial charge on any atom is -0.334 e. The van der Waals surface area contributed by atoms with Gasteiger partial charge in [0.05, 0.1) is 16.9 Å². The summed E-state index contributed by atoms with van der Waals surface area (Å²) in [5, 5.41) is 2.15. The molecule has 0 radical (unpaired) electrons. The Morgan fingerprint density at radius 2 is 2.21 bits per heavy atom. The first-order chi connectivity index (χ1) is 11.6. The molecule has 0 aromatic carbocycles. The van der Waals surface area contributed by atoms with E-state index in [-0.39, 0.29) is 11.9 Å². The molecule has 3 rings (SSSR count). The SMILES string of the molecule is CCC1c2ccsc2CCN1C(=O)CN(CC)Cc1ccc(Cl)s1. The average molecular weight is 383 g/mol. The van der Waals surface area contributed by atoms with Gasteiger partial charge in [0, 0.05) is 22.8 Å². The van der Waals surface area contributed by atoms with Crippen molar-refractivity contribution >= 4 is 40.2 Å². The molecule has 1 atom stereocenters. The Bertz CT molecular complexity index is 697. The second kappa shape index (κ2) is 8.00. The van der Waals surface area contributed by atoms with Gasteiger partial charge < -0.3 is 4.90 Å². The van der Waals surface area contributed by atoms with Gasteiger partial charge in [0.2, 0.25) is 5.91 Å². The zero-order chi connectivity index (χ0) is 17.1. The second-order valence-corrected chi connectivity index (χ2v) is 8.87. The van der Waals surface area contributed by atoms with Crippen LogP contribution in [0.1, 0.15) is 41.6 Å². The van der Waals surface area contributed by atoms with Gasteiger partial charge in [0.25, 0.3) is 0 Å². The van der Waals surface area contributed by atoms with E-state index in [9.17, 15) is 4.79 Å². The molecular formula is C18H23ClN2OS2. The van der Waals surface area contributed by atoms with Crippen LogP contribution in [0.5, 0.6) is 0 Å². The van der Waals surface area contributed by atoms with Crippen LogP contribution < -0.4 is 0 Å². The fourth-order valence-electron chi connectivity index (χ4n) is 3.35. The van der Waals surface area contributed by atoms with E-state index in [2.05, 4.69) is 35.1 Å². The number of amides is 1. The van der Waals surface area contributed by atoms with Crippen molar-refractivity contribution in [3.05, 3.63) is 43.2 Å². The smallest absolute Gasteiger partial charge is 0.237 e. The first kappa shape index (κ1) is 17.9. The van der Waals surface area contributed by atoms with E-state index in [1.807, 2.05) is 23.5 Å². The van der Waals surface area contributed by atoms with E-state index >= 15 is 0 Å². The van der Waals surface area contributed by atoms with Gasteiger partial charge in [-0.1, -0.05) is 25.4 Å². The summed E-state index contributed by atoms with van der Waals surface area (Å²) in [5.41, 5.74) is 1.36. The van der Waals surface area contributed by atoms with Gasteiger partial charge in [-0.25, -0.2) is 0 Å². The molecule has 0 fully saturated rings. The number of halogens is 1. The molecule has 1 aliphatic rings. The van der Waals surface area contributed by atoms with Gasteiger partial charge in [0.1, 0.15) is 0 Å². The van der Waals surface area contributed by atoms with Crippen LogP contribution in [-0.4, -0.2) is 35.3 Å². The van der Waals surface area contributed by atoms with Gasteiger partial charge in [-0.15, -0.1) is 22.7 Å². The van der Waals surface area contributed by atoms with Crippen molar-refractivity contribution in [2.24, 2.45) is 0 Å². The van der Waals surface area contributed by atoms with Crippen molar-refractivity contribution in [1.82, 2.24) is 9.80 Å². The summed E-state index contributed by atoms with van der Waals surface area (Å²) in [6.07, 6.45) is 1.96. The summed E-state index contributed by atoms with van der Waals surface area (Å²) in [6, 6.07) is 6.40. The van der Waals surface area contributed by atoms with Crippen LogP contribution in [0.4, 0.5) is 0 Å². The number of hydrogen-bond donors (Lipinski definition) is 0. The molecule has 0 N–H and O–H groups in total. The van der Waals surface area contributed by atoms with Gasteiger partial charge in [-0.2, -0.15) is 0 Å². The summed E-state index contributed by atoms with van der Waals surface area (Å²) in [5.74, 6) is 0.239. The predicted octanol–water partition coefficient (Wildman–Crippen LogP) is 4.82. The quantitative estimate of drug-likeness (QED) is 0.714. The maximum atomic E-state index is 12.9. The lowest BCUT2D eigenvalue weighted by atomic mass is 9.97. The molecule has 24 heavy (non-hydrogen) atoms. The third-order valence-electron chi connectivity index (χ3n) is 4.62. The van der Waals surface area contributed by atoms with Crippen molar-refractivity contribution in [1.29, 1.82) is 0 Å². The number of rotatable bonds is 6. The van der Waals surface area contributed by atoms with Crippen LogP contribution in [0.3, 0.4) is 0 Å². The Kier molecular flexibility index (Phi) is 5.98. The monoisotopic (exact) mass is 382 g/mol. The van der Waals surface area contributed by atoms with Crippen molar-refractivity contribution in [2.75, 3.05) is 19.6 Å². The zero-order valence-electron chi connectivity index (χ0n) is 14.1. The minimum absolute atomic E-state index is 0.238. The van der Waals surface area contributed by atoms with Crippen LogP contribution in [-0.2, 0) is 17.8 Å². The molecule has 3 heterocycles. The molecule has 2 aromatic rings. The first-order valence-corrected chi connectivity index (χ1v) is 10.5. The van der Waals surface area contributed by atoms with Crippen LogP contribution in [0.25, 0.3) is 0 Å². The van der Waals surface area contributed by atoms with Gasteiger partial charge in [-0.3, -0.25) is 9.69 Å². The predicted molar refractivity (Wildman–Crippen MR) is 103 cm³/mol. The molecule has 0 aliphatic carbocycles. The number of carbonyl (C=O) groups is 1. The second-order valence-electron chi connectivity index (χ2n) is 6.07. The van der Waals surface area contributed by atoms with Gasteiger partial charge in [0.15, 0.2) is 0 Å². The molecule has 0 spiro atoms. The topological polar surface area (TPSA) is 23.6 Å². The molecule has 1 unspecified atom stereocenters. The fraction of sp³-hybridized carbons (Fsp3) is 0.500. The van der Waals surface area contributed by atoms with E-state index in [0.717, 1.165) is 36.8 Å². The number of hydrogen-bond acceptors (Lipinski definition) is 4. The highest BCUT2D eigenvalue weighted by Crippen LogP contribution is 2.35. The Hall–Kier alpha value is -0.880. The number of fused-ring (bicyclic) bond motifs is 1.